The second kappa shape index (κ2) is 8.83. The molecule has 3 N–H and O–H groups in total. The second-order valence-electron chi connectivity index (χ2n) is 7.47. The largest absolute Gasteiger partial charge is 0.378 e. The first-order chi connectivity index (χ1) is 15.0. The maximum atomic E-state index is 12.9. The van der Waals surface area contributed by atoms with Crippen molar-refractivity contribution in [2.45, 2.75) is 12.8 Å². The molecule has 0 radical (unpaired) electrons. The number of anilines is 2. The molecule has 4 rings (SSSR count). The molecule has 8 nitrogen and oxygen atoms in total. The van der Waals surface area contributed by atoms with Crippen LogP contribution in [-0.2, 0) is 4.79 Å². The Labute approximate surface area is 178 Å². The molecule has 0 bridgehead atoms. The zero-order valence-corrected chi connectivity index (χ0v) is 16.8. The van der Waals surface area contributed by atoms with Gasteiger partial charge in [0.25, 0.3) is 11.6 Å². The Bertz CT molecular complexity index is 1160. The number of hydrogen-bond donors (Lipinski definition) is 3. The first-order valence-corrected chi connectivity index (χ1v) is 10.1. The van der Waals surface area contributed by atoms with Crippen LogP contribution in [0.15, 0.2) is 60.7 Å². The third-order valence-electron chi connectivity index (χ3n) is 5.16. The van der Waals surface area contributed by atoms with Gasteiger partial charge in [-0.15, -0.1) is 0 Å². The van der Waals surface area contributed by atoms with E-state index in [1.165, 1.54) is 6.07 Å². The lowest BCUT2D eigenvalue weighted by Gasteiger charge is -2.14. The van der Waals surface area contributed by atoms with E-state index in [1.807, 2.05) is 30.3 Å². The van der Waals surface area contributed by atoms with Gasteiger partial charge in [0, 0.05) is 25.1 Å². The summed E-state index contributed by atoms with van der Waals surface area (Å²) in [4.78, 5) is 35.8. The van der Waals surface area contributed by atoms with Gasteiger partial charge in [-0.2, -0.15) is 0 Å². The number of hydrogen-bond acceptors (Lipinski definition) is 5. The first-order valence-electron chi connectivity index (χ1n) is 10.1. The van der Waals surface area contributed by atoms with E-state index in [4.69, 9.17) is 0 Å². The normalized spacial score (nSPS) is 12.9. The Balaban J connectivity index is 1.45. The summed E-state index contributed by atoms with van der Waals surface area (Å²) in [6, 6.07) is 17.6. The minimum Gasteiger partial charge on any atom is -0.378 e. The highest BCUT2D eigenvalue weighted by Crippen LogP contribution is 2.32. The molecular weight excluding hydrogens is 396 g/mol. The number of fused-ring (bicyclic) bond motifs is 1. The highest BCUT2D eigenvalue weighted by molar-refractivity contribution is 6.08. The fraction of sp³-hybridized carbons (Fsp3) is 0.217. The summed E-state index contributed by atoms with van der Waals surface area (Å²) in [5.41, 5.74) is 1.25. The maximum Gasteiger partial charge on any atom is 0.292 e. The van der Waals surface area contributed by atoms with Crippen molar-refractivity contribution in [3.8, 4) is 0 Å². The first kappa shape index (κ1) is 20.3. The molecule has 3 aromatic carbocycles. The van der Waals surface area contributed by atoms with Crippen LogP contribution < -0.4 is 16.0 Å². The van der Waals surface area contributed by atoms with Gasteiger partial charge in [-0.1, -0.05) is 36.4 Å². The predicted molar refractivity (Wildman–Crippen MR) is 119 cm³/mol. The lowest BCUT2D eigenvalue weighted by Crippen LogP contribution is -2.30. The summed E-state index contributed by atoms with van der Waals surface area (Å²) in [7, 11) is 0. The van der Waals surface area contributed by atoms with Gasteiger partial charge in [0.05, 0.1) is 16.2 Å². The summed E-state index contributed by atoms with van der Waals surface area (Å²) >= 11 is 0. The fourth-order valence-electron chi connectivity index (χ4n) is 3.36. The quantitative estimate of drug-likeness (QED) is 0.291. The van der Waals surface area contributed by atoms with Crippen LogP contribution >= 0.6 is 0 Å². The van der Waals surface area contributed by atoms with Gasteiger partial charge in [0.1, 0.15) is 5.69 Å². The minimum absolute atomic E-state index is 0.0200. The smallest absolute Gasteiger partial charge is 0.292 e. The molecular formula is C23H22N4O4. The van der Waals surface area contributed by atoms with E-state index in [1.54, 1.807) is 24.3 Å². The Morgan fingerprint density at radius 2 is 1.61 bits per heavy atom. The van der Waals surface area contributed by atoms with E-state index in [9.17, 15) is 19.7 Å². The Morgan fingerprint density at radius 1 is 0.935 bits per heavy atom. The lowest BCUT2D eigenvalue weighted by atomic mass is 10.0. The molecule has 1 aliphatic rings. The summed E-state index contributed by atoms with van der Waals surface area (Å²) < 4.78 is 0. The standard InChI is InChI=1S/C23H22N4O4/c28-22(15-9-10-15)26-20-14-17-6-2-1-5-16(17)13-18(20)23(29)25-12-11-24-19-7-3-4-8-21(19)27(30)31/h1-8,13-15,24H,9-12H2,(H,25,29)(H,26,28). The van der Waals surface area contributed by atoms with Gasteiger partial charge in [-0.3, -0.25) is 19.7 Å². The number of carbonyl (C=O) groups is 2. The van der Waals surface area contributed by atoms with Crippen LogP contribution in [0, 0.1) is 16.0 Å². The number of benzene rings is 3. The number of carbonyl (C=O) groups excluding carboxylic acids is 2. The molecule has 8 heteroatoms. The molecule has 1 saturated carbocycles. The molecule has 2 amide bonds. The third-order valence-corrected chi connectivity index (χ3v) is 5.16. The number of nitro benzene ring substituents is 1. The summed E-state index contributed by atoms with van der Waals surface area (Å²) in [5, 5.41) is 21.6. The van der Waals surface area contributed by atoms with Crippen LogP contribution in [0.5, 0.6) is 0 Å². The number of rotatable bonds is 8. The van der Waals surface area contributed by atoms with Crippen molar-refractivity contribution in [1.29, 1.82) is 0 Å². The van der Waals surface area contributed by atoms with E-state index in [0.717, 1.165) is 23.6 Å². The van der Waals surface area contributed by atoms with Crippen molar-refractivity contribution in [3.05, 3.63) is 76.3 Å². The van der Waals surface area contributed by atoms with Crippen molar-refractivity contribution < 1.29 is 14.5 Å². The average molecular weight is 418 g/mol. The molecule has 31 heavy (non-hydrogen) atoms. The lowest BCUT2D eigenvalue weighted by molar-refractivity contribution is -0.384. The van der Waals surface area contributed by atoms with Crippen LogP contribution in [0.3, 0.4) is 0 Å². The molecule has 0 heterocycles. The van der Waals surface area contributed by atoms with Crippen LogP contribution in [0.4, 0.5) is 17.1 Å². The van der Waals surface area contributed by atoms with E-state index in [2.05, 4.69) is 16.0 Å². The molecule has 3 aromatic rings. The monoisotopic (exact) mass is 418 g/mol. The highest BCUT2D eigenvalue weighted by Gasteiger charge is 2.30. The summed E-state index contributed by atoms with van der Waals surface area (Å²) in [6.45, 7) is 0.571. The maximum absolute atomic E-state index is 12.9. The zero-order valence-electron chi connectivity index (χ0n) is 16.8. The van der Waals surface area contributed by atoms with Crippen molar-refractivity contribution >= 4 is 39.6 Å². The van der Waals surface area contributed by atoms with Crippen molar-refractivity contribution in [1.82, 2.24) is 5.32 Å². The fourth-order valence-corrected chi connectivity index (χ4v) is 3.36. The van der Waals surface area contributed by atoms with E-state index < -0.39 is 4.92 Å². The molecule has 158 valence electrons. The molecule has 0 atom stereocenters. The van der Waals surface area contributed by atoms with Gasteiger partial charge in [-0.05, 0) is 41.8 Å². The highest BCUT2D eigenvalue weighted by atomic mass is 16.6. The number of nitrogens with zero attached hydrogens (tertiary/aromatic N) is 1. The van der Waals surface area contributed by atoms with E-state index >= 15 is 0 Å². The average Bonchev–Trinajstić information content (AvgIpc) is 3.62. The van der Waals surface area contributed by atoms with Gasteiger partial charge in [0.2, 0.25) is 5.91 Å². The van der Waals surface area contributed by atoms with Crippen LogP contribution in [0.2, 0.25) is 0 Å². The molecule has 0 saturated heterocycles. The summed E-state index contributed by atoms with van der Waals surface area (Å²) in [6.07, 6.45) is 1.75. The predicted octanol–water partition coefficient (Wildman–Crippen LogP) is 3.94. The molecule has 0 unspecified atom stereocenters. The van der Waals surface area contributed by atoms with Gasteiger partial charge in [-0.25, -0.2) is 0 Å². The second-order valence-corrected chi connectivity index (χ2v) is 7.47. The van der Waals surface area contributed by atoms with Gasteiger partial charge in [0.15, 0.2) is 0 Å². The van der Waals surface area contributed by atoms with E-state index in [-0.39, 0.29) is 30.0 Å². The molecule has 1 fully saturated rings. The van der Waals surface area contributed by atoms with Crippen molar-refractivity contribution in [2.75, 3.05) is 23.7 Å². The molecule has 0 aliphatic heterocycles. The van der Waals surface area contributed by atoms with E-state index in [0.29, 0.717) is 23.5 Å². The van der Waals surface area contributed by atoms with Gasteiger partial charge >= 0.3 is 0 Å². The Hall–Kier alpha value is -3.94. The number of nitrogens with one attached hydrogen (secondary N) is 3. The van der Waals surface area contributed by atoms with Crippen molar-refractivity contribution in [3.63, 3.8) is 0 Å². The number of para-hydroxylation sites is 2. The molecule has 1 aliphatic carbocycles. The number of amides is 2. The SMILES string of the molecule is O=C(NCCNc1ccccc1[N+](=O)[O-])c1cc2ccccc2cc1NC(=O)C1CC1. The van der Waals surface area contributed by atoms with Crippen LogP contribution in [-0.4, -0.2) is 29.8 Å². The Kier molecular flexibility index (Phi) is 5.79. The van der Waals surface area contributed by atoms with Gasteiger partial charge < -0.3 is 16.0 Å². The number of nitro groups is 1. The van der Waals surface area contributed by atoms with Crippen LogP contribution in [0.25, 0.3) is 10.8 Å². The van der Waals surface area contributed by atoms with Crippen molar-refractivity contribution in [2.24, 2.45) is 5.92 Å². The Morgan fingerprint density at radius 3 is 2.32 bits per heavy atom. The molecule has 0 aromatic heterocycles. The van der Waals surface area contributed by atoms with Crippen LogP contribution in [0.1, 0.15) is 23.2 Å². The topological polar surface area (TPSA) is 113 Å². The summed E-state index contributed by atoms with van der Waals surface area (Å²) in [5.74, 6) is -0.364. The zero-order chi connectivity index (χ0) is 21.8. The third kappa shape index (κ3) is 4.80. The molecule has 0 spiro atoms. The minimum atomic E-state index is -0.454.